The molecule has 1 aromatic carbocycles. The fraction of sp³-hybridized carbons (Fsp3) is 0.417. The van der Waals surface area contributed by atoms with Gasteiger partial charge in [-0.25, -0.2) is 0 Å². The number of ether oxygens (including phenoxy) is 1. The lowest BCUT2D eigenvalue weighted by Crippen LogP contribution is -2.13. The minimum atomic E-state index is -0.198. The monoisotopic (exact) mass is 223 g/mol. The van der Waals surface area contributed by atoms with Gasteiger partial charge in [0, 0.05) is 6.42 Å². The number of Topliss-reactive ketones (excluding diaryl/α,β-unsaturated/α-hetero) is 1. The van der Waals surface area contributed by atoms with Gasteiger partial charge >= 0.3 is 0 Å². The SMILES string of the molecule is CC(C)Oc1cccc(O)c1C(=O)CCN. The van der Waals surface area contributed by atoms with E-state index in [0.29, 0.717) is 5.75 Å². The van der Waals surface area contributed by atoms with Crippen molar-refractivity contribution in [3.05, 3.63) is 23.8 Å². The highest BCUT2D eigenvalue weighted by Gasteiger charge is 2.17. The number of carbonyl (C=O) groups is 1. The molecule has 0 fully saturated rings. The van der Waals surface area contributed by atoms with Crippen molar-refractivity contribution in [3.8, 4) is 11.5 Å². The fourth-order valence-electron chi connectivity index (χ4n) is 1.41. The van der Waals surface area contributed by atoms with Crippen molar-refractivity contribution in [2.75, 3.05) is 6.54 Å². The Labute approximate surface area is 95.0 Å². The highest BCUT2D eigenvalue weighted by Crippen LogP contribution is 2.29. The van der Waals surface area contributed by atoms with E-state index in [9.17, 15) is 9.90 Å². The number of benzene rings is 1. The standard InChI is InChI=1S/C12H17NO3/c1-8(2)16-11-5-3-4-9(14)12(11)10(15)6-7-13/h3-5,8,14H,6-7,13H2,1-2H3. The molecular formula is C12H17NO3. The second kappa shape index (κ2) is 5.51. The molecule has 0 aromatic heterocycles. The minimum absolute atomic E-state index is 0.0498. The first-order valence-electron chi connectivity index (χ1n) is 5.28. The van der Waals surface area contributed by atoms with E-state index in [4.69, 9.17) is 10.5 Å². The molecule has 1 aromatic rings. The third kappa shape index (κ3) is 2.97. The number of ketones is 1. The van der Waals surface area contributed by atoms with Gasteiger partial charge in [0.2, 0.25) is 0 Å². The molecule has 4 nitrogen and oxygen atoms in total. The molecule has 16 heavy (non-hydrogen) atoms. The van der Waals surface area contributed by atoms with Crippen LogP contribution in [0, 0.1) is 0 Å². The Morgan fingerprint density at radius 2 is 2.19 bits per heavy atom. The van der Waals surface area contributed by atoms with Crippen LogP contribution in [-0.4, -0.2) is 23.5 Å². The molecule has 4 heteroatoms. The van der Waals surface area contributed by atoms with Gasteiger partial charge in [-0.1, -0.05) is 6.07 Å². The number of phenols is 1. The van der Waals surface area contributed by atoms with Crippen molar-refractivity contribution in [1.29, 1.82) is 0 Å². The number of rotatable bonds is 5. The van der Waals surface area contributed by atoms with Crippen molar-refractivity contribution in [1.82, 2.24) is 0 Å². The van der Waals surface area contributed by atoms with Crippen LogP contribution in [0.15, 0.2) is 18.2 Å². The van der Waals surface area contributed by atoms with Crippen LogP contribution >= 0.6 is 0 Å². The third-order valence-corrected chi connectivity index (χ3v) is 2.02. The largest absolute Gasteiger partial charge is 0.507 e. The van der Waals surface area contributed by atoms with E-state index in [1.54, 1.807) is 12.1 Å². The van der Waals surface area contributed by atoms with Gasteiger partial charge in [-0.15, -0.1) is 0 Å². The van der Waals surface area contributed by atoms with E-state index < -0.39 is 0 Å². The number of phenolic OH excluding ortho intramolecular Hbond substituents is 1. The third-order valence-electron chi connectivity index (χ3n) is 2.02. The van der Waals surface area contributed by atoms with Crippen LogP contribution in [0.3, 0.4) is 0 Å². The molecule has 0 aliphatic heterocycles. The summed E-state index contributed by atoms with van der Waals surface area (Å²) in [6, 6.07) is 4.78. The van der Waals surface area contributed by atoms with Gasteiger partial charge in [0.05, 0.1) is 6.10 Å². The van der Waals surface area contributed by atoms with Crippen molar-refractivity contribution in [2.24, 2.45) is 5.73 Å². The maximum atomic E-state index is 11.7. The molecule has 1 rings (SSSR count). The summed E-state index contributed by atoms with van der Waals surface area (Å²) in [4.78, 5) is 11.7. The molecule has 0 aliphatic rings. The maximum absolute atomic E-state index is 11.7. The van der Waals surface area contributed by atoms with Gasteiger partial charge in [-0.3, -0.25) is 4.79 Å². The summed E-state index contributed by atoms with van der Waals surface area (Å²) in [7, 11) is 0. The van der Waals surface area contributed by atoms with Crippen LogP contribution in [0.5, 0.6) is 11.5 Å². The summed E-state index contributed by atoms with van der Waals surface area (Å²) >= 11 is 0. The molecule has 0 radical (unpaired) electrons. The van der Waals surface area contributed by atoms with Crippen LogP contribution in [0.25, 0.3) is 0 Å². The summed E-state index contributed by atoms with van der Waals surface area (Å²) in [5.74, 6) is 0.154. The Bertz CT molecular complexity index is 375. The summed E-state index contributed by atoms with van der Waals surface area (Å²) < 4.78 is 5.47. The molecule has 88 valence electrons. The number of nitrogens with two attached hydrogens (primary N) is 1. The highest BCUT2D eigenvalue weighted by molar-refractivity contribution is 6.01. The van der Waals surface area contributed by atoms with Crippen molar-refractivity contribution >= 4 is 5.78 Å². The van der Waals surface area contributed by atoms with Crippen molar-refractivity contribution < 1.29 is 14.6 Å². The van der Waals surface area contributed by atoms with Crippen LogP contribution in [0.4, 0.5) is 0 Å². The summed E-state index contributed by atoms with van der Waals surface area (Å²) in [6.07, 6.45) is 0.151. The van der Waals surface area contributed by atoms with Crippen LogP contribution in [0.2, 0.25) is 0 Å². The van der Waals surface area contributed by atoms with Crippen molar-refractivity contribution in [3.63, 3.8) is 0 Å². The van der Waals surface area contributed by atoms with Crippen molar-refractivity contribution in [2.45, 2.75) is 26.4 Å². The molecule has 0 atom stereocenters. The zero-order chi connectivity index (χ0) is 12.1. The molecule has 0 amide bonds. The van der Waals surface area contributed by atoms with Crippen LogP contribution in [-0.2, 0) is 0 Å². The highest BCUT2D eigenvalue weighted by atomic mass is 16.5. The Morgan fingerprint density at radius 1 is 1.50 bits per heavy atom. The molecule has 0 spiro atoms. The Balaban J connectivity index is 3.07. The van der Waals surface area contributed by atoms with E-state index in [-0.39, 0.29) is 36.2 Å². The van der Waals surface area contributed by atoms with E-state index >= 15 is 0 Å². The van der Waals surface area contributed by atoms with E-state index in [1.165, 1.54) is 6.07 Å². The molecule has 3 N–H and O–H groups in total. The zero-order valence-corrected chi connectivity index (χ0v) is 9.56. The topological polar surface area (TPSA) is 72.5 Å². The predicted octanol–water partition coefficient (Wildman–Crippen LogP) is 1.71. The normalized spacial score (nSPS) is 10.5. The summed E-state index contributed by atoms with van der Waals surface area (Å²) in [6.45, 7) is 3.98. The van der Waals surface area contributed by atoms with E-state index in [1.807, 2.05) is 13.8 Å². The van der Waals surface area contributed by atoms with Gasteiger partial charge in [-0.2, -0.15) is 0 Å². The zero-order valence-electron chi connectivity index (χ0n) is 9.56. The first-order valence-corrected chi connectivity index (χ1v) is 5.28. The summed E-state index contributed by atoms with van der Waals surface area (Å²) in [5.41, 5.74) is 5.55. The van der Waals surface area contributed by atoms with Crippen LogP contribution in [0.1, 0.15) is 30.6 Å². The summed E-state index contributed by atoms with van der Waals surface area (Å²) in [5, 5.41) is 9.66. The minimum Gasteiger partial charge on any atom is -0.507 e. The van der Waals surface area contributed by atoms with Gasteiger partial charge < -0.3 is 15.6 Å². The van der Waals surface area contributed by atoms with Gasteiger partial charge in [0.1, 0.15) is 17.1 Å². The lowest BCUT2D eigenvalue weighted by atomic mass is 10.1. The predicted molar refractivity (Wildman–Crippen MR) is 61.9 cm³/mol. The molecule has 0 heterocycles. The Hall–Kier alpha value is -1.55. The molecule has 0 saturated carbocycles. The molecule has 0 saturated heterocycles. The average Bonchev–Trinajstić information content (AvgIpc) is 2.16. The first kappa shape index (κ1) is 12.5. The molecule has 0 aliphatic carbocycles. The van der Waals surface area contributed by atoms with E-state index in [0.717, 1.165) is 0 Å². The Morgan fingerprint density at radius 3 is 2.75 bits per heavy atom. The van der Waals surface area contributed by atoms with Gasteiger partial charge in [0.15, 0.2) is 5.78 Å². The molecular weight excluding hydrogens is 206 g/mol. The smallest absolute Gasteiger partial charge is 0.171 e. The van der Waals surface area contributed by atoms with Gasteiger partial charge in [-0.05, 0) is 32.5 Å². The maximum Gasteiger partial charge on any atom is 0.171 e. The lowest BCUT2D eigenvalue weighted by molar-refractivity contribution is 0.0977. The van der Waals surface area contributed by atoms with Crippen LogP contribution < -0.4 is 10.5 Å². The van der Waals surface area contributed by atoms with Gasteiger partial charge in [0.25, 0.3) is 0 Å². The Kier molecular flexibility index (Phi) is 4.31. The second-order valence-corrected chi connectivity index (χ2v) is 3.78. The number of aromatic hydroxyl groups is 1. The lowest BCUT2D eigenvalue weighted by Gasteiger charge is -2.14. The quantitative estimate of drug-likeness (QED) is 0.745. The first-order chi connectivity index (χ1) is 7.56. The number of hydrogen-bond acceptors (Lipinski definition) is 4. The van der Waals surface area contributed by atoms with E-state index in [2.05, 4.69) is 0 Å². The number of carbonyl (C=O) groups excluding carboxylic acids is 1. The average molecular weight is 223 g/mol. The fourth-order valence-corrected chi connectivity index (χ4v) is 1.41. The second-order valence-electron chi connectivity index (χ2n) is 3.78. The number of hydrogen-bond donors (Lipinski definition) is 2. The molecule has 0 bridgehead atoms. The molecule has 0 unspecified atom stereocenters.